The van der Waals surface area contributed by atoms with E-state index in [1.165, 1.54) is 0 Å². The molecule has 1 atom stereocenters. The maximum Gasteiger partial charge on any atom is 0.326 e. The van der Waals surface area contributed by atoms with E-state index in [1.807, 2.05) is 37.3 Å². The number of amides is 1. The van der Waals surface area contributed by atoms with Crippen LogP contribution in [0.5, 0.6) is 5.75 Å². The maximum absolute atomic E-state index is 12.4. The predicted octanol–water partition coefficient (Wildman–Crippen LogP) is 2.51. The number of carboxylic acid groups (broad SMARTS) is 1. The van der Waals surface area contributed by atoms with Crippen molar-refractivity contribution in [2.45, 2.75) is 19.4 Å². The lowest BCUT2D eigenvalue weighted by molar-refractivity contribution is -0.139. The summed E-state index contributed by atoms with van der Waals surface area (Å²) in [5.74, 6) is -1.09. The zero-order valence-corrected chi connectivity index (χ0v) is 12.9. The molecule has 0 bridgehead atoms. The molecule has 2 aromatic carbocycles. The number of ether oxygens (including phenoxy) is 1. The van der Waals surface area contributed by atoms with Gasteiger partial charge in [0, 0.05) is 6.42 Å². The topological polar surface area (TPSA) is 75.6 Å². The smallest absolute Gasteiger partial charge is 0.326 e. The number of carbonyl (C=O) groups excluding carboxylic acids is 1. The molecule has 0 spiro atoms. The Hall–Kier alpha value is -2.82. The van der Waals surface area contributed by atoms with E-state index in [2.05, 4.69) is 5.32 Å². The van der Waals surface area contributed by atoms with E-state index in [1.54, 1.807) is 24.3 Å². The second-order valence-corrected chi connectivity index (χ2v) is 4.98. The number of hydrogen-bond acceptors (Lipinski definition) is 3. The van der Waals surface area contributed by atoms with Crippen LogP contribution in [0.4, 0.5) is 0 Å². The summed E-state index contributed by atoms with van der Waals surface area (Å²) < 4.78 is 5.41. The Balaban J connectivity index is 2.14. The lowest BCUT2D eigenvalue weighted by Crippen LogP contribution is -2.42. The van der Waals surface area contributed by atoms with Gasteiger partial charge in [-0.25, -0.2) is 4.79 Å². The van der Waals surface area contributed by atoms with Gasteiger partial charge >= 0.3 is 5.97 Å². The number of carboxylic acids is 1. The molecule has 0 aliphatic carbocycles. The van der Waals surface area contributed by atoms with E-state index in [9.17, 15) is 14.7 Å². The van der Waals surface area contributed by atoms with Gasteiger partial charge < -0.3 is 15.2 Å². The normalized spacial score (nSPS) is 11.5. The fraction of sp³-hybridized carbons (Fsp3) is 0.222. The van der Waals surface area contributed by atoms with Crippen LogP contribution < -0.4 is 10.1 Å². The molecule has 120 valence electrons. The van der Waals surface area contributed by atoms with Crippen LogP contribution in [0.2, 0.25) is 0 Å². The van der Waals surface area contributed by atoms with E-state index in [0.29, 0.717) is 17.9 Å². The minimum Gasteiger partial charge on any atom is -0.493 e. The Labute approximate surface area is 134 Å². The summed E-state index contributed by atoms with van der Waals surface area (Å²) >= 11 is 0. The summed E-state index contributed by atoms with van der Waals surface area (Å²) in [6.07, 6.45) is 0.221. The van der Waals surface area contributed by atoms with Crippen LogP contribution in [0, 0.1) is 0 Å². The zero-order chi connectivity index (χ0) is 16.7. The van der Waals surface area contributed by atoms with Crippen molar-refractivity contribution in [3.8, 4) is 5.75 Å². The molecule has 0 aromatic heterocycles. The molecule has 0 saturated carbocycles. The zero-order valence-electron chi connectivity index (χ0n) is 12.9. The van der Waals surface area contributed by atoms with Gasteiger partial charge in [0.1, 0.15) is 11.8 Å². The van der Waals surface area contributed by atoms with E-state index in [-0.39, 0.29) is 6.42 Å². The van der Waals surface area contributed by atoms with Crippen LogP contribution >= 0.6 is 0 Å². The van der Waals surface area contributed by atoms with Crippen molar-refractivity contribution in [1.29, 1.82) is 0 Å². The number of benzene rings is 2. The van der Waals surface area contributed by atoms with Crippen LogP contribution in [0.1, 0.15) is 22.8 Å². The van der Waals surface area contributed by atoms with E-state index < -0.39 is 17.9 Å². The molecule has 0 unspecified atom stereocenters. The van der Waals surface area contributed by atoms with Gasteiger partial charge in [-0.05, 0) is 24.6 Å². The number of hydrogen-bond donors (Lipinski definition) is 2. The maximum atomic E-state index is 12.4. The van der Waals surface area contributed by atoms with Crippen LogP contribution in [0.3, 0.4) is 0 Å². The number of rotatable bonds is 7. The number of carbonyl (C=O) groups is 2. The molecular formula is C18H19NO4. The minimum atomic E-state index is -1.07. The summed E-state index contributed by atoms with van der Waals surface area (Å²) in [7, 11) is 0. The molecule has 0 heterocycles. The predicted molar refractivity (Wildman–Crippen MR) is 86.6 cm³/mol. The molecule has 2 aromatic rings. The summed E-state index contributed by atoms with van der Waals surface area (Å²) in [6.45, 7) is 2.25. The van der Waals surface area contributed by atoms with Gasteiger partial charge in [-0.1, -0.05) is 42.5 Å². The van der Waals surface area contributed by atoms with E-state index in [0.717, 1.165) is 5.56 Å². The average Bonchev–Trinajstić information content (AvgIpc) is 2.56. The third kappa shape index (κ3) is 4.57. The second kappa shape index (κ2) is 7.98. The number of para-hydroxylation sites is 1. The van der Waals surface area contributed by atoms with Crippen molar-refractivity contribution in [2.24, 2.45) is 0 Å². The Bertz CT molecular complexity index is 670. The monoisotopic (exact) mass is 313 g/mol. The van der Waals surface area contributed by atoms with Crippen LogP contribution in [-0.2, 0) is 11.2 Å². The quantitative estimate of drug-likeness (QED) is 0.823. The summed E-state index contributed by atoms with van der Waals surface area (Å²) in [4.78, 5) is 23.8. The van der Waals surface area contributed by atoms with Gasteiger partial charge in [0.05, 0.1) is 12.2 Å². The summed E-state index contributed by atoms with van der Waals surface area (Å²) in [6, 6.07) is 15.0. The highest BCUT2D eigenvalue weighted by molar-refractivity contribution is 5.98. The van der Waals surface area contributed by atoms with Crippen LogP contribution in [0.25, 0.3) is 0 Å². The molecule has 1 amide bonds. The van der Waals surface area contributed by atoms with Gasteiger partial charge in [0.2, 0.25) is 0 Å². The number of aliphatic carboxylic acids is 1. The van der Waals surface area contributed by atoms with E-state index in [4.69, 9.17) is 4.74 Å². The molecule has 0 radical (unpaired) electrons. The highest BCUT2D eigenvalue weighted by atomic mass is 16.5. The van der Waals surface area contributed by atoms with Crippen LogP contribution in [-0.4, -0.2) is 29.6 Å². The third-order valence-electron chi connectivity index (χ3n) is 3.32. The van der Waals surface area contributed by atoms with Gasteiger partial charge in [0.15, 0.2) is 0 Å². The van der Waals surface area contributed by atoms with Gasteiger partial charge in [0.25, 0.3) is 5.91 Å². The van der Waals surface area contributed by atoms with Crippen molar-refractivity contribution < 1.29 is 19.4 Å². The molecule has 0 aliphatic heterocycles. The average molecular weight is 313 g/mol. The molecule has 5 heteroatoms. The van der Waals surface area contributed by atoms with Gasteiger partial charge in [-0.3, -0.25) is 4.79 Å². The van der Waals surface area contributed by atoms with Gasteiger partial charge in [-0.2, -0.15) is 0 Å². The fourth-order valence-electron chi connectivity index (χ4n) is 2.22. The molecule has 2 rings (SSSR count). The Morgan fingerprint density at radius 2 is 1.74 bits per heavy atom. The number of nitrogens with one attached hydrogen (secondary N) is 1. The standard InChI is InChI=1S/C18H19NO4/c1-2-23-16-11-7-6-10-14(16)17(20)19-15(18(21)22)12-13-8-4-3-5-9-13/h3-11,15H,2,12H2,1H3,(H,19,20)(H,21,22)/t15-/m1/s1. The minimum absolute atomic E-state index is 0.221. The Morgan fingerprint density at radius 1 is 1.09 bits per heavy atom. The highest BCUT2D eigenvalue weighted by Crippen LogP contribution is 2.18. The van der Waals surface area contributed by atoms with Crippen molar-refractivity contribution in [3.05, 3.63) is 65.7 Å². The first-order valence-electron chi connectivity index (χ1n) is 7.41. The first kappa shape index (κ1) is 16.5. The van der Waals surface area contributed by atoms with Crippen LogP contribution in [0.15, 0.2) is 54.6 Å². The molecule has 2 N–H and O–H groups in total. The van der Waals surface area contributed by atoms with Crippen molar-refractivity contribution in [3.63, 3.8) is 0 Å². The molecule has 0 aliphatic rings. The molecule has 0 saturated heterocycles. The highest BCUT2D eigenvalue weighted by Gasteiger charge is 2.22. The SMILES string of the molecule is CCOc1ccccc1C(=O)N[C@H](Cc1ccccc1)C(=O)O. The Morgan fingerprint density at radius 3 is 2.39 bits per heavy atom. The van der Waals surface area contributed by atoms with Crippen molar-refractivity contribution >= 4 is 11.9 Å². The third-order valence-corrected chi connectivity index (χ3v) is 3.32. The van der Waals surface area contributed by atoms with Crippen molar-refractivity contribution in [1.82, 2.24) is 5.32 Å². The first-order chi connectivity index (χ1) is 11.1. The van der Waals surface area contributed by atoms with Crippen molar-refractivity contribution in [2.75, 3.05) is 6.61 Å². The lowest BCUT2D eigenvalue weighted by Gasteiger charge is -2.16. The summed E-state index contributed by atoms with van der Waals surface area (Å²) in [5.41, 5.74) is 1.17. The first-order valence-corrected chi connectivity index (χ1v) is 7.41. The molecule has 23 heavy (non-hydrogen) atoms. The largest absolute Gasteiger partial charge is 0.493 e. The fourth-order valence-corrected chi connectivity index (χ4v) is 2.22. The Kier molecular flexibility index (Phi) is 5.74. The summed E-state index contributed by atoms with van der Waals surface area (Å²) in [5, 5.41) is 11.9. The van der Waals surface area contributed by atoms with Gasteiger partial charge in [-0.15, -0.1) is 0 Å². The second-order valence-electron chi connectivity index (χ2n) is 4.98. The molecular weight excluding hydrogens is 294 g/mol. The van der Waals surface area contributed by atoms with E-state index >= 15 is 0 Å². The molecule has 0 fully saturated rings. The lowest BCUT2D eigenvalue weighted by atomic mass is 10.1. The molecule has 5 nitrogen and oxygen atoms in total.